The summed E-state index contributed by atoms with van der Waals surface area (Å²) >= 11 is 5.50. The van der Waals surface area contributed by atoms with Crippen LogP contribution in [0.5, 0.6) is 5.75 Å². The quantitative estimate of drug-likeness (QED) is 0.327. The molecule has 1 saturated carbocycles. The Hall–Kier alpha value is -3.33. The normalized spacial score (nSPS) is 14.4. The van der Waals surface area contributed by atoms with Crippen LogP contribution in [0.4, 0.5) is 0 Å². The predicted octanol–water partition coefficient (Wildman–Crippen LogP) is 5.00. The predicted molar refractivity (Wildman–Crippen MR) is 130 cm³/mol. The van der Waals surface area contributed by atoms with Crippen molar-refractivity contribution in [2.24, 2.45) is 11.5 Å². The second-order valence-corrected chi connectivity index (χ2v) is 8.30. The molecule has 0 spiro atoms. The smallest absolute Gasteiger partial charge is 0.248 e. The van der Waals surface area contributed by atoms with Gasteiger partial charge < -0.3 is 22.0 Å². The van der Waals surface area contributed by atoms with Gasteiger partial charge in [-0.1, -0.05) is 73.0 Å². The molecule has 32 heavy (non-hydrogen) atoms. The second-order valence-electron chi connectivity index (χ2n) is 7.89. The fourth-order valence-corrected chi connectivity index (χ4v) is 3.90. The molecule has 6 heteroatoms. The molecule has 1 amide bonds. The van der Waals surface area contributed by atoms with Gasteiger partial charge in [0.1, 0.15) is 5.75 Å². The largest absolute Gasteiger partial charge is 0.506 e. The summed E-state index contributed by atoms with van der Waals surface area (Å²) < 4.78 is 0. The maximum absolute atomic E-state index is 10.5. The number of carbonyl (C=O) groups is 1. The summed E-state index contributed by atoms with van der Waals surface area (Å²) in [6.07, 6.45) is 7.02. The first-order chi connectivity index (χ1) is 15.3. The van der Waals surface area contributed by atoms with Crippen LogP contribution in [-0.4, -0.2) is 22.8 Å². The summed E-state index contributed by atoms with van der Waals surface area (Å²) in [7, 11) is 0. The zero-order valence-corrected chi connectivity index (χ0v) is 18.5. The van der Waals surface area contributed by atoms with Crippen molar-refractivity contribution in [3.63, 3.8) is 0 Å². The molecule has 3 aromatic carbocycles. The van der Waals surface area contributed by atoms with E-state index in [1.165, 1.54) is 43.7 Å². The third-order valence-corrected chi connectivity index (χ3v) is 5.84. The van der Waals surface area contributed by atoms with E-state index in [0.29, 0.717) is 0 Å². The van der Waals surface area contributed by atoms with E-state index in [-0.39, 0.29) is 21.9 Å². The molecule has 0 unspecified atom stereocenters. The van der Waals surface area contributed by atoms with Crippen LogP contribution in [0.15, 0.2) is 54.6 Å². The lowest BCUT2D eigenvalue weighted by Gasteiger charge is -2.27. The Morgan fingerprint density at radius 3 is 2.38 bits per heavy atom. The molecular formula is C26H26ClN3O2. The number of nitrogens with one attached hydrogen (secondary N) is 1. The number of nitrogens with two attached hydrogens (primary N) is 2. The van der Waals surface area contributed by atoms with Crippen molar-refractivity contribution in [1.29, 1.82) is 5.41 Å². The van der Waals surface area contributed by atoms with Gasteiger partial charge in [-0.2, -0.15) is 0 Å². The van der Waals surface area contributed by atoms with Crippen LogP contribution in [-0.2, 0) is 0 Å². The molecule has 0 atom stereocenters. The Bertz CT molecular complexity index is 1200. The van der Waals surface area contributed by atoms with Crippen LogP contribution in [0.1, 0.15) is 53.6 Å². The molecule has 1 aliphatic carbocycles. The molecule has 4 rings (SSSR count). The number of amides is 1. The SMILES string of the molecule is N=Cc1ccc(C#CC2(N)CCCCC2)c2ccccc12.NC(=O)c1ccc(O)c(Cl)c1. The van der Waals surface area contributed by atoms with E-state index in [0.717, 1.165) is 34.7 Å². The fraction of sp³-hybridized carbons (Fsp3) is 0.231. The van der Waals surface area contributed by atoms with Crippen LogP contribution in [0.2, 0.25) is 5.02 Å². The first-order valence-electron chi connectivity index (χ1n) is 10.5. The molecule has 5 nitrogen and oxygen atoms in total. The fourth-order valence-electron chi connectivity index (χ4n) is 3.72. The van der Waals surface area contributed by atoms with Crippen LogP contribution >= 0.6 is 11.6 Å². The van der Waals surface area contributed by atoms with Gasteiger partial charge in [-0.05, 0) is 53.4 Å². The summed E-state index contributed by atoms with van der Waals surface area (Å²) in [6.45, 7) is 0. The highest BCUT2D eigenvalue weighted by molar-refractivity contribution is 6.32. The van der Waals surface area contributed by atoms with Gasteiger partial charge >= 0.3 is 0 Å². The van der Waals surface area contributed by atoms with Gasteiger partial charge in [0.15, 0.2) is 0 Å². The van der Waals surface area contributed by atoms with E-state index >= 15 is 0 Å². The average molecular weight is 448 g/mol. The highest BCUT2D eigenvalue weighted by Crippen LogP contribution is 2.26. The van der Waals surface area contributed by atoms with Crippen LogP contribution < -0.4 is 11.5 Å². The van der Waals surface area contributed by atoms with E-state index in [1.807, 2.05) is 30.3 Å². The zero-order chi connectivity index (χ0) is 23.1. The van der Waals surface area contributed by atoms with Crippen molar-refractivity contribution in [3.05, 3.63) is 76.3 Å². The first kappa shape index (κ1) is 23.3. The molecule has 0 aromatic heterocycles. The topological polar surface area (TPSA) is 113 Å². The number of halogens is 1. The van der Waals surface area contributed by atoms with E-state index in [4.69, 9.17) is 33.6 Å². The number of fused-ring (bicyclic) bond motifs is 1. The molecular weight excluding hydrogens is 422 g/mol. The first-order valence-corrected chi connectivity index (χ1v) is 10.8. The van der Waals surface area contributed by atoms with Gasteiger partial charge in [-0.3, -0.25) is 4.79 Å². The molecule has 0 aliphatic heterocycles. The Morgan fingerprint density at radius 2 is 1.75 bits per heavy atom. The van der Waals surface area contributed by atoms with E-state index in [9.17, 15) is 4.79 Å². The Labute approximate surface area is 192 Å². The molecule has 0 radical (unpaired) electrons. The molecule has 164 valence electrons. The molecule has 3 aromatic rings. The second kappa shape index (κ2) is 10.3. The van der Waals surface area contributed by atoms with Gasteiger partial charge in [-0.25, -0.2) is 0 Å². The number of rotatable bonds is 2. The van der Waals surface area contributed by atoms with Gasteiger partial charge in [0.05, 0.1) is 10.6 Å². The number of benzene rings is 3. The highest BCUT2D eigenvalue weighted by Gasteiger charge is 2.24. The maximum Gasteiger partial charge on any atom is 0.248 e. The molecule has 0 heterocycles. The van der Waals surface area contributed by atoms with E-state index in [1.54, 1.807) is 0 Å². The highest BCUT2D eigenvalue weighted by atomic mass is 35.5. The summed E-state index contributed by atoms with van der Waals surface area (Å²) in [5.74, 6) is 5.99. The lowest BCUT2D eigenvalue weighted by Crippen LogP contribution is -2.40. The van der Waals surface area contributed by atoms with Crippen molar-refractivity contribution in [1.82, 2.24) is 0 Å². The summed E-state index contributed by atoms with van der Waals surface area (Å²) in [5, 5.41) is 18.8. The number of aromatic hydroxyl groups is 1. The zero-order valence-electron chi connectivity index (χ0n) is 17.7. The number of hydrogen-bond acceptors (Lipinski definition) is 4. The van der Waals surface area contributed by atoms with E-state index < -0.39 is 5.91 Å². The summed E-state index contributed by atoms with van der Waals surface area (Å²) in [6, 6.07) is 16.1. The third kappa shape index (κ3) is 5.67. The van der Waals surface area contributed by atoms with Gasteiger partial charge in [0.25, 0.3) is 0 Å². The maximum atomic E-state index is 10.5. The lowest BCUT2D eigenvalue weighted by molar-refractivity contribution is 0.100. The number of primary amides is 1. The van der Waals surface area contributed by atoms with Crippen molar-refractivity contribution in [2.45, 2.75) is 37.6 Å². The van der Waals surface area contributed by atoms with Crippen LogP contribution in [0.3, 0.4) is 0 Å². The number of phenols is 1. The summed E-state index contributed by atoms with van der Waals surface area (Å²) in [4.78, 5) is 10.5. The van der Waals surface area contributed by atoms with Crippen molar-refractivity contribution in [2.75, 3.05) is 0 Å². The van der Waals surface area contributed by atoms with Gasteiger partial charge in [0.2, 0.25) is 5.91 Å². The minimum Gasteiger partial charge on any atom is -0.506 e. The third-order valence-electron chi connectivity index (χ3n) is 5.54. The monoisotopic (exact) mass is 447 g/mol. The van der Waals surface area contributed by atoms with Crippen molar-refractivity contribution in [3.8, 4) is 17.6 Å². The number of phenolic OH excluding ortho intramolecular Hbond substituents is 1. The molecule has 0 bridgehead atoms. The van der Waals surface area contributed by atoms with Crippen molar-refractivity contribution < 1.29 is 9.90 Å². The summed E-state index contributed by atoms with van der Waals surface area (Å²) in [5.41, 5.74) is 13.2. The molecule has 6 N–H and O–H groups in total. The average Bonchev–Trinajstić information content (AvgIpc) is 2.80. The number of hydrogen-bond donors (Lipinski definition) is 4. The van der Waals surface area contributed by atoms with Crippen molar-refractivity contribution >= 4 is 34.5 Å². The molecule has 1 aliphatic rings. The molecule has 0 saturated heterocycles. The van der Waals surface area contributed by atoms with E-state index in [2.05, 4.69) is 17.9 Å². The Kier molecular flexibility index (Phi) is 7.53. The van der Waals surface area contributed by atoms with Gasteiger partial charge in [0, 0.05) is 17.3 Å². The Morgan fingerprint density at radius 1 is 1.06 bits per heavy atom. The van der Waals surface area contributed by atoms with Gasteiger partial charge in [-0.15, -0.1) is 0 Å². The standard InChI is InChI=1S/C19H20N2.C7H6ClNO2/c20-14-16-9-8-15(17-6-2-3-7-18(16)17)10-13-19(21)11-4-1-5-12-19;8-5-3-4(7(9)11)1-2-6(5)10/h2-3,6-9,14,20H,1,4-5,11-12,21H2;1-3,10H,(H2,9,11). The Balaban J connectivity index is 0.000000222. The number of carbonyl (C=O) groups excluding carboxylic acids is 1. The molecule has 1 fully saturated rings. The minimum atomic E-state index is -0.563. The minimum absolute atomic E-state index is 0.0586. The van der Waals surface area contributed by atoms with Crippen LogP contribution in [0, 0.1) is 17.3 Å². The lowest BCUT2D eigenvalue weighted by atomic mass is 9.83. The van der Waals surface area contributed by atoms with Crippen LogP contribution in [0.25, 0.3) is 10.8 Å².